The topological polar surface area (TPSA) is 29.0 Å². The Bertz CT molecular complexity index is 561. The molecule has 4 heteroatoms. The van der Waals surface area contributed by atoms with Gasteiger partial charge in [0.15, 0.2) is 0 Å². The Morgan fingerprint density at radius 2 is 1.61 bits per heavy atom. The molecule has 0 amide bonds. The van der Waals surface area contributed by atoms with Crippen molar-refractivity contribution in [2.45, 2.75) is 20.8 Å². The summed E-state index contributed by atoms with van der Waals surface area (Å²) in [7, 11) is 1.99. The van der Waals surface area contributed by atoms with Crippen LogP contribution in [0, 0.1) is 20.8 Å². The van der Waals surface area contributed by atoms with Gasteiger partial charge in [-0.1, -0.05) is 17.7 Å². The molecule has 1 heterocycles. The van der Waals surface area contributed by atoms with Crippen LogP contribution >= 0.6 is 11.6 Å². The Balaban J connectivity index is 2.47. The fourth-order valence-electron chi connectivity index (χ4n) is 2.02. The Morgan fingerprint density at radius 3 is 2.22 bits per heavy atom. The highest BCUT2D eigenvalue weighted by Crippen LogP contribution is 2.28. The number of aromatic nitrogens is 2. The van der Waals surface area contributed by atoms with Crippen LogP contribution in [-0.4, -0.2) is 17.0 Å². The highest BCUT2D eigenvalue weighted by Gasteiger charge is 2.11. The first-order chi connectivity index (χ1) is 8.49. The first-order valence-electron chi connectivity index (χ1n) is 5.78. The van der Waals surface area contributed by atoms with Crippen molar-refractivity contribution < 1.29 is 0 Å². The second-order valence-corrected chi connectivity index (χ2v) is 4.88. The smallest absolute Gasteiger partial charge is 0.140 e. The molecule has 0 spiro atoms. The highest BCUT2D eigenvalue weighted by atomic mass is 35.5. The van der Waals surface area contributed by atoms with E-state index >= 15 is 0 Å². The molecule has 0 aliphatic heterocycles. The summed E-state index contributed by atoms with van der Waals surface area (Å²) in [6.45, 7) is 6.10. The number of anilines is 2. The molecule has 0 bridgehead atoms. The summed E-state index contributed by atoms with van der Waals surface area (Å²) in [5, 5.41) is 0.497. The lowest BCUT2D eigenvalue weighted by atomic mass is 10.1. The van der Waals surface area contributed by atoms with Gasteiger partial charge in [-0.2, -0.15) is 0 Å². The molecule has 0 aliphatic rings. The van der Waals surface area contributed by atoms with Crippen LogP contribution in [0.1, 0.15) is 16.7 Å². The molecule has 3 nitrogen and oxygen atoms in total. The molecular weight excluding hydrogens is 246 g/mol. The minimum absolute atomic E-state index is 0.497. The van der Waals surface area contributed by atoms with E-state index < -0.39 is 0 Å². The summed E-state index contributed by atoms with van der Waals surface area (Å²) in [6, 6.07) is 6.40. The summed E-state index contributed by atoms with van der Waals surface area (Å²) in [5.41, 5.74) is 4.45. The van der Waals surface area contributed by atoms with Gasteiger partial charge < -0.3 is 4.90 Å². The average molecular weight is 262 g/mol. The summed E-state index contributed by atoms with van der Waals surface area (Å²) in [5.74, 6) is 0.833. The zero-order valence-electron chi connectivity index (χ0n) is 11.0. The van der Waals surface area contributed by atoms with Crippen LogP contribution in [0.25, 0.3) is 0 Å². The molecule has 0 fully saturated rings. The fourth-order valence-corrected chi connectivity index (χ4v) is 2.15. The van der Waals surface area contributed by atoms with Gasteiger partial charge in [0.2, 0.25) is 0 Å². The van der Waals surface area contributed by atoms with E-state index in [4.69, 9.17) is 11.6 Å². The van der Waals surface area contributed by atoms with Crippen LogP contribution in [0.3, 0.4) is 0 Å². The highest BCUT2D eigenvalue weighted by molar-refractivity contribution is 6.30. The minimum Gasteiger partial charge on any atom is -0.329 e. The van der Waals surface area contributed by atoms with E-state index in [1.54, 1.807) is 0 Å². The molecule has 0 atom stereocenters. The Morgan fingerprint density at radius 1 is 1.00 bits per heavy atom. The monoisotopic (exact) mass is 261 g/mol. The molecule has 2 aromatic rings. The molecular formula is C14H16ClN3. The molecule has 0 unspecified atom stereocenters. The second-order valence-electron chi connectivity index (χ2n) is 4.52. The SMILES string of the molecule is Cc1cc(C)cc(N(C)c2ncnc(Cl)c2C)c1. The van der Waals surface area contributed by atoms with E-state index in [9.17, 15) is 0 Å². The van der Waals surface area contributed by atoms with Gasteiger partial charge in [0.25, 0.3) is 0 Å². The number of nitrogens with zero attached hydrogens (tertiary/aromatic N) is 3. The van der Waals surface area contributed by atoms with Crippen molar-refractivity contribution in [2.24, 2.45) is 0 Å². The third-order valence-corrected chi connectivity index (χ3v) is 3.29. The van der Waals surface area contributed by atoms with Crippen LogP contribution in [0.5, 0.6) is 0 Å². The first kappa shape index (κ1) is 12.8. The predicted molar refractivity (Wildman–Crippen MR) is 75.8 cm³/mol. The van der Waals surface area contributed by atoms with E-state index in [0.29, 0.717) is 5.15 Å². The lowest BCUT2D eigenvalue weighted by molar-refractivity contribution is 1.05. The van der Waals surface area contributed by atoms with Gasteiger partial charge in [0.05, 0.1) is 0 Å². The van der Waals surface area contributed by atoms with Gasteiger partial charge in [-0.15, -0.1) is 0 Å². The molecule has 1 aromatic heterocycles. The standard InChI is InChI=1S/C14H16ClN3/c1-9-5-10(2)7-12(6-9)18(4)14-11(3)13(15)16-8-17-14/h5-8H,1-4H3. The molecule has 94 valence electrons. The zero-order valence-corrected chi connectivity index (χ0v) is 11.8. The normalized spacial score (nSPS) is 10.5. The van der Waals surface area contributed by atoms with Gasteiger partial charge in [-0.05, 0) is 44.0 Å². The van der Waals surface area contributed by atoms with Gasteiger partial charge in [-0.3, -0.25) is 0 Å². The summed E-state index contributed by atoms with van der Waals surface area (Å²) in [6.07, 6.45) is 1.49. The largest absolute Gasteiger partial charge is 0.329 e. The van der Waals surface area contributed by atoms with Crippen molar-refractivity contribution in [3.8, 4) is 0 Å². The van der Waals surface area contributed by atoms with Crippen molar-refractivity contribution >= 4 is 23.1 Å². The third-order valence-electron chi connectivity index (χ3n) is 2.91. The lowest BCUT2D eigenvalue weighted by Gasteiger charge is -2.21. The van der Waals surface area contributed by atoms with E-state index in [1.807, 2.05) is 18.9 Å². The fraction of sp³-hybridized carbons (Fsp3) is 0.286. The van der Waals surface area contributed by atoms with E-state index in [0.717, 1.165) is 17.1 Å². The molecule has 1 aromatic carbocycles. The predicted octanol–water partition coefficient (Wildman–Crippen LogP) is 3.82. The maximum Gasteiger partial charge on any atom is 0.140 e. The third kappa shape index (κ3) is 2.46. The molecule has 0 N–H and O–H groups in total. The second kappa shape index (κ2) is 4.94. The van der Waals surface area contributed by atoms with E-state index in [-0.39, 0.29) is 0 Å². The van der Waals surface area contributed by atoms with Gasteiger partial charge in [-0.25, -0.2) is 9.97 Å². The number of aryl methyl sites for hydroxylation is 2. The Labute approximate surface area is 112 Å². The van der Waals surface area contributed by atoms with Crippen LogP contribution < -0.4 is 4.90 Å². The molecule has 0 saturated carbocycles. The van der Waals surface area contributed by atoms with Gasteiger partial charge in [0, 0.05) is 18.3 Å². The number of rotatable bonds is 2. The molecule has 2 rings (SSSR count). The van der Waals surface area contributed by atoms with Crippen LogP contribution in [0.4, 0.5) is 11.5 Å². The minimum atomic E-state index is 0.497. The lowest BCUT2D eigenvalue weighted by Crippen LogP contribution is -2.13. The maximum atomic E-state index is 6.03. The molecule has 0 radical (unpaired) electrons. The number of halogens is 1. The number of hydrogen-bond acceptors (Lipinski definition) is 3. The number of hydrogen-bond donors (Lipinski definition) is 0. The quantitative estimate of drug-likeness (QED) is 0.770. The molecule has 0 saturated heterocycles. The molecule has 18 heavy (non-hydrogen) atoms. The Kier molecular flexibility index (Phi) is 3.53. The summed E-state index contributed by atoms with van der Waals surface area (Å²) in [4.78, 5) is 10.3. The van der Waals surface area contributed by atoms with Crippen molar-refractivity contribution in [3.05, 3.63) is 46.4 Å². The van der Waals surface area contributed by atoms with Crippen molar-refractivity contribution in [1.29, 1.82) is 0 Å². The van der Waals surface area contributed by atoms with Crippen molar-refractivity contribution in [1.82, 2.24) is 9.97 Å². The van der Waals surface area contributed by atoms with Crippen LogP contribution in [0.2, 0.25) is 5.15 Å². The zero-order chi connectivity index (χ0) is 13.3. The van der Waals surface area contributed by atoms with Crippen molar-refractivity contribution in [2.75, 3.05) is 11.9 Å². The van der Waals surface area contributed by atoms with Crippen molar-refractivity contribution in [3.63, 3.8) is 0 Å². The maximum absolute atomic E-state index is 6.03. The summed E-state index contributed by atoms with van der Waals surface area (Å²) >= 11 is 6.03. The molecule has 0 aliphatic carbocycles. The van der Waals surface area contributed by atoms with Gasteiger partial charge >= 0.3 is 0 Å². The number of benzene rings is 1. The summed E-state index contributed by atoms with van der Waals surface area (Å²) < 4.78 is 0. The van der Waals surface area contributed by atoms with Crippen LogP contribution in [-0.2, 0) is 0 Å². The first-order valence-corrected chi connectivity index (χ1v) is 6.16. The van der Waals surface area contributed by atoms with E-state index in [1.165, 1.54) is 17.5 Å². The van der Waals surface area contributed by atoms with Gasteiger partial charge in [0.1, 0.15) is 17.3 Å². The van der Waals surface area contributed by atoms with Crippen LogP contribution in [0.15, 0.2) is 24.5 Å². The van der Waals surface area contributed by atoms with E-state index in [2.05, 4.69) is 42.0 Å². The average Bonchev–Trinajstić information content (AvgIpc) is 2.30. The Hall–Kier alpha value is -1.61.